The van der Waals surface area contributed by atoms with Gasteiger partial charge in [0.15, 0.2) is 0 Å². The second-order valence-electron chi connectivity index (χ2n) is 11.3. The number of hydrogen-bond donors (Lipinski definition) is 0. The Hall–Kier alpha value is -6.11. The van der Waals surface area contributed by atoms with Crippen molar-refractivity contribution in [3.8, 4) is 28.6 Å². The number of hydrogen-bond acceptors (Lipinski definition) is 1. The fourth-order valence-corrected chi connectivity index (χ4v) is 7.04. The van der Waals surface area contributed by atoms with E-state index in [2.05, 4.69) is 143 Å². The third kappa shape index (κ3) is 3.49. The lowest BCUT2D eigenvalue weighted by Gasteiger charge is -2.11. The van der Waals surface area contributed by atoms with Crippen molar-refractivity contribution in [2.24, 2.45) is 0 Å². The number of nitriles is 1. The van der Waals surface area contributed by atoms with Crippen LogP contribution in [0.25, 0.3) is 76.9 Å². The Labute approximate surface area is 254 Å². The van der Waals surface area contributed by atoms with Gasteiger partial charge in [0, 0.05) is 32.9 Å². The summed E-state index contributed by atoms with van der Waals surface area (Å²) in [6.07, 6.45) is 0. The molecule has 44 heavy (non-hydrogen) atoms. The Morgan fingerprint density at radius 2 is 0.932 bits per heavy atom. The van der Waals surface area contributed by atoms with E-state index in [1.54, 1.807) is 0 Å². The molecule has 0 fully saturated rings. The first-order valence-corrected chi connectivity index (χ1v) is 14.8. The third-order valence-corrected chi connectivity index (χ3v) is 8.93. The fraction of sp³-hybridized carbons (Fsp3) is 0. The van der Waals surface area contributed by atoms with Gasteiger partial charge in [0.25, 0.3) is 0 Å². The summed E-state index contributed by atoms with van der Waals surface area (Å²) >= 11 is 0. The summed E-state index contributed by atoms with van der Waals surface area (Å²) in [6, 6.07) is 56.0. The van der Waals surface area contributed by atoms with Gasteiger partial charge in [-0.05, 0) is 82.6 Å². The maximum atomic E-state index is 9.36. The average molecular weight is 560 g/mol. The average Bonchev–Trinajstić information content (AvgIpc) is 3.62. The van der Waals surface area contributed by atoms with Crippen molar-refractivity contribution < 1.29 is 0 Å². The predicted molar refractivity (Wildman–Crippen MR) is 183 cm³/mol. The highest BCUT2D eigenvalue weighted by Crippen LogP contribution is 2.42. The van der Waals surface area contributed by atoms with Crippen LogP contribution in [0.2, 0.25) is 0 Å². The predicted octanol–water partition coefficient (Wildman–Crippen LogP) is 10.6. The quantitative estimate of drug-likeness (QED) is 0.212. The van der Waals surface area contributed by atoms with Crippen LogP contribution in [0.1, 0.15) is 5.56 Å². The van der Waals surface area contributed by atoms with Gasteiger partial charge in [-0.25, -0.2) is 0 Å². The number of aromatic nitrogens is 2. The van der Waals surface area contributed by atoms with Crippen LogP contribution in [-0.4, -0.2) is 9.13 Å². The monoisotopic (exact) mass is 559 g/mol. The molecule has 0 aliphatic carbocycles. The number of para-hydroxylation sites is 2. The summed E-state index contributed by atoms with van der Waals surface area (Å²) in [5.74, 6) is 0. The molecule has 9 rings (SSSR count). The summed E-state index contributed by atoms with van der Waals surface area (Å²) in [5, 5.41) is 16.8. The van der Waals surface area contributed by atoms with E-state index in [4.69, 9.17) is 0 Å². The molecule has 3 heteroatoms. The van der Waals surface area contributed by atoms with Crippen LogP contribution in [-0.2, 0) is 0 Å². The van der Waals surface area contributed by atoms with E-state index in [1.165, 1.54) is 54.5 Å². The standard InChI is InChI=1S/C41H25N3/c42-26-27-17-19-30(20-18-27)43-36-15-6-4-13-34(36)40-32-22-24-39-41(33(32)21-23-38(40)43)35-14-5-7-16-37(35)44(39)31-12-8-11-29(25-31)28-9-2-1-3-10-28/h1-25H. The topological polar surface area (TPSA) is 33.6 Å². The molecule has 0 unspecified atom stereocenters. The molecule has 0 atom stereocenters. The maximum Gasteiger partial charge on any atom is 0.0991 e. The van der Waals surface area contributed by atoms with Crippen molar-refractivity contribution in [1.82, 2.24) is 9.13 Å². The molecule has 0 N–H and O–H groups in total. The zero-order valence-electron chi connectivity index (χ0n) is 23.8. The molecule has 2 aromatic heterocycles. The first-order chi connectivity index (χ1) is 21.8. The second kappa shape index (κ2) is 9.46. The van der Waals surface area contributed by atoms with Crippen LogP contribution in [0.3, 0.4) is 0 Å². The van der Waals surface area contributed by atoms with Gasteiger partial charge in [0.1, 0.15) is 0 Å². The molecule has 204 valence electrons. The van der Waals surface area contributed by atoms with Crippen LogP contribution in [0, 0.1) is 11.3 Å². The molecule has 9 aromatic rings. The Balaban J connectivity index is 1.36. The van der Waals surface area contributed by atoms with Gasteiger partial charge in [-0.1, -0.05) is 91.0 Å². The summed E-state index contributed by atoms with van der Waals surface area (Å²) in [7, 11) is 0. The van der Waals surface area contributed by atoms with Crippen LogP contribution < -0.4 is 0 Å². The number of fused-ring (bicyclic) bond motifs is 9. The lowest BCUT2D eigenvalue weighted by atomic mass is 9.99. The SMILES string of the molecule is N#Cc1ccc(-n2c3ccccc3c3c4ccc5c(c4ccc32)c2ccccc2n5-c2cccc(-c3ccccc3)c2)cc1. The third-order valence-electron chi connectivity index (χ3n) is 8.93. The normalized spacial score (nSPS) is 11.6. The lowest BCUT2D eigenvalue weighted by molar-refractivity contribution is 1.18. The van der Waals surface area contributed by atoms with Gasteiger partial charge in [-0.2, -0.15) is 5.26 Å². The highest BCUT2D eigenvalue weighted by atomic mass is 15.0. The van der Waals surface area contributed by atoms with Gasteiger partial charge < -0.3 is 9.13 Å². The molecule has 0 aliphatic rings. The lowest BCUT2D eigenvalue weighted by Crippen LogP contribution is -1.94. The van der Waals surface area contributed by atoms with E-state index in [0.29, 0.717) is 5.56 Å². The summed E-state index contributed by atoms with van der Waals surface area (Å²) in [6.45, 7) is 0. The first kappa shape index (κ1) is 24.5. The van der Waals surface area contributed by atoms with Crippen molar-refractivity contribution in [2.45, 2.75) is 0 Å². The zero-order valence-corrected chi connectivity index (χ0v) is 23.8. The molecule has 3 nitrogen and oxygen atoms in total. The van der Waals surface area contributed by atoms with Gasteiger partial charge in [-0.3, -0.25) is 0 Å². The molecule has 2 heterocycles. The van der Waals surface area contributed by atoms with Crippen LogP contribution in [0.4, 0.5) is 0 Å². The summed E-state index contributed by atoms with van der Waals surface area (Å²) in [4.78, 5) is 0. The van der Waals surface area contributed by atoms with Gasteiger partial charge in [-0.15, -0.1) is 0 Å². The number of nitrogens with zero attached hydrogens (tertiary/aromatic N) is 3. The Morgan fingerprint density at radius 3 is 1.55 bits per heavy atom. The molecular formula is C41H25N3. The van der Waals surface area contributed by atoms with Crippen molar-refractivity contribution >= 4 is 54.4 Å². The number of benzene rings is 7. The Bertz CT molecular complexity index is 2600. The fourth-order valence-electron chi connectivity index (χ4n) is 7.04. The van der Waals surface area contributed by atoms with Crippen LogP contribution in [0.15, 0.2) is 152 Å². The van der Waals surface area contributed by atoms with E-state index in [-0.39, 0.29) is 0 Å². The van der Waals surface area contributed by atoms with E-state index < -0.39 is 0 Å². The van der Waals surface area contributed by atoms with Crippen molar-refractivity contribution in [1.29, 1.82) is 5.26 Å². The largest absolute Gasteiger partial charge is 0.309 e. The smallest absolute Gasteiger partial charge is 0.0991 e. The van der Waals surface area contributed by atoms with E-state index in [0.717, 1.165) is 22.4 Å². The molecule has 0 saturated heterocycles. The van der Waals surface area contributed by atoms with E-state index in [1.807, 2.05) is 24.3 Å². The maximum absolute atomic E-state index is 9.36. The van der Waals surface area contributed by atoms with Crippen molar-refractivity contribution in [2.75, 3.05) is 0 Å². The molecular weight excluding hydrogens is 534 g/mol. The summed E-state index contributed by atoms with van der Waals surface area (Å²) < 4.78 is 4.72. The molecule has 0 saturated carbocycles. The highest BCUT2D eigenvalue weighted by molar-refractivity contribution is 6.29. The second-order valence-corrected chi connectivity index (χ2v) is 11.3. The van der Waals surface area contributed by atoms with Crippen LogP contribution in [0.5, 0.6) is 0 Å². The highest BCUT2D eigenvalue weighted by Gasteiger charge is 2.19. The minimum absolute atomic E-state index is 0.660. The van der Waals surface area contributed by atoms with Gasteiger partial charge in [0.2, 0.25) is 0 Å². The minimum Gasteiger partial charge on any atom is -0.309 e. The molecule has 0 bridgehead atoms. The summed E-state index contributed by atoms with van der Waals surface area (Å²) in [5.41, 5.74) is 9.96. The van der Waals surface area contributed by atoms with Crippen molar-refractivity contribution in [3.63, 3.8) is 0 Å². The van der Waals surface area contributed by atoms with Crippen LogP contribution >= 0.6 is 0 Å². The first-order valence-electron chi connectivity index (χ1n) is 14.8. The minimum atomic E-state index is 0.660. The van der Waals surface area contributed by atoms with Crippen molar-refractivity contribution in [3.05, 3.63) is 157 Å². The van der Waals surface area contributed by atoms with E-state index in [9.17, 15) is 5.26 Å². The Morgan fingerprint density at radius 1 is 0.386 bits per heavy atom. The molecule has 0 spiro atoms. The van der Waals surface area contributed by atoms with Gasteiger partial charge in [0.05, 0.1) is 33.7 Å². The van der Waals surface area contributed by atoms with E-state index >= 15 is 0 Å². The molecule has 0 aliphatic heterocycles. The molecule has 7 aromatic carbocycles. The molecule has 0 radical (unpaired) electrons. The van der Waals surface area contributed by atoms with Gasteiger partial charge >= 0.3 is 0 Å². The Kier molecular flexibility index (Phi) is 5.26. The zero-order chi connectivity index (χ0) is 29.2. The molecule has 0 amide bonds. The number of rotatable bonds is 3.